The standard InChI is InChI=1S/C21H26N4O6S/c1-10(2)7-24-20-17(18(27)23(5)21(24)29)16(19(28)25-8-13(26)9-30-25)15(32-20)6-14-11(3)22-31-12(14)4/h10,13,26H,6-9H2,1-5H3/t13-/m0/s1. The van der Waals surface area contributed by atoms with Gasteiger partial charge in [0, 0.05) is 30.5 Å². The maximum absolute atomic E-state index is 13.5. The lowest BCUT2D eigenvalue weighted by Gasteiger charge is -2.15. The molecule has 1 aliphatic rings. The summed E-state index contributed by atoms with van der Waals surface area (Å²) in [6.07, 6.45) is -0.478. The van der Waals surface area contributed by atoms with E-state index in [9.17, 15) is 19.5 Å². The Kier molecular flexibility index (Phi) is 5.82. The van der Waals surface area contributed by atoms with Gasteiger partial charge < -0.3 is 9.63 Å². The van der Waals surface area contributed by atoms with Crippen molar-refractivity contribution in [2.45, 2.75) is 46.8 Å². The van der Waals surface area contributed by atoms with Gasteiger partial charge in [0.25, 0.3) is 11.5 Å². The molecule has 4 rings (SSSR count). The SMILES string of the molecule is Cc1noc(C)c1Cc1sc2c(c1C(=O)N1C[C@H](O)CO1)c(=O)n(C)c(=O)n2CC(C)C. The number of aryl methyl sites for hydroxylation is 2. The molecule has 0 spiro atoms. The third-order valence-corrected chi connectivity index (χ3v) is 6.76. The molecule has 1 N–H and O–H groups in total. The van der Waals surface area contributed by atoms with E-state index in [4.69, 9.17) is 9.36 Å². The van der Waals surface area contributed by atoms with Gasteiger partial charge in [-0.25, -0.2) is 9.86 Å². The summed E-state index contributed by atoms with van der Waals surface area (Å²) in [5, 5.41) is 15.1. The van der Waals surface area contributed by atoms with Crippen LogP contribution in [-0.2, 0) is 24.9 Å². The highest BCUT2D eigenvalue weighted by atomic mass is 32.1. The fourth-order valence-electron chi connectivity index (χ4n) is 3.91. The van der Waals surface area contributed by atoms with Gasteiger partial charge in [0.1, 0.15) is 23.3 Å². The maximum atomic E-state index is 13.5. The Balaban J connectivity index is 2.00. The molecule has 0 saturated carbocycles. The lowest BCUT2D eigenvalue weighted by Crippen LogP contribution is -2.39. The Morgan fingerprint density at radius 2 is 2.03 bits per heavy atom. The molecule has 1 fully saturated rings. The Morgan fingerprint density at radius 3 is 2.59 bits per heavy atom. The van der Waals surface area contributed by atoms with E-state index in [1.54, 1.807) is 11.5 Å². The van der Waals surface area contributed by atoms with E-state index in [0.717, 1.165) is 15.2 Å². The van der Waals surface area contributed by atoms with Crippen LogP contribution in [0.15, 0.2) is 14.1 Å². The van der Waals surface area contributed by atoms with E-state index >= 15 is 0 Å². The van der Waals surface area contributed by atoms with Crippen LogP contribution in [0.25, 0.3) is 10.2 Å². The molecule has 0 radical (unpaired) electrons. The number of aliphatic hydroxyl groups excluding tert-OH is 1. The summed E-state index contributed by atoms with van der Waals surface area (Å²) in [6.45, 7) is 7.98. The van der Waals surface area contributed by atoms with Crippen LogP contribution in [0.1, 0.15) is 46.1 Å². The second-order valence-electron chi connectivity index (χ2n) is 8.53. The van der Waals surface area contributed by atoms with Crippen LogP contribution in [0.3, 0.4) is 0 Å². The molecule has 1 aliphatic heterocycles. The molecular weight excluding hydrogens is 436 g/mol. The largest absolute Gasteiger partial charge is 0.389 e. The quantitative estimate of drug-likeness (QED) is 0.608. The number of β-amino-alcohol motifs (C(OH)–C–C–N with tert-alkyl or cyclic N) is 1. The molecule has 1 amide bonds. The average Bonchev–Trinajstić information content (AvgIpc) is 3.42. The number of hydrogen-bond donors (Lipinski definition) is 1. The third-order valence-electron chi connectivity index (χ3n) is 5.55. The topological polar surface area (TPSA) is 120 Å². The summed E-state index contributed by atoms with van der Waals surface area (Å²) >= 11 is 1.25. The first-order valence-electron chi connectivity index (χ1n) is 10.4. The number of thiophene rings is 1. The first kappa shape index (κ1) is 22.4. The minimum absolute atomic E-state index is 0.00305. The van der Waals surface area contributed by atoms with Crippen molar-refractivity contribution >= 4 is 27.5 Å². The molecule has 32 heavy (non-hydrogen) atoms. The first-order valence-corrected chi connectivity index (χ1v) is 11.2. The van der Waals surface area contributed by atoms with Gasteiger partial charge in [-0.15, -0.1) is 11.3 Å². The number of carbonyl (C=O) groups is 1. The fourth-order valence-corrected chi connectivity index (χ4v) is 5.20. The number of rotatable bonds is 5. The smallest absolute Gasteiger partial charge is 0.331 e. The van der Waals surface area contributed by atoms with Gasteiger partial charge in [-0.05, 0) is 19.8 Å². The number of amides is 1. The molecule has 0 bridgehead atoms. The van der Waals surface area contributed by atoms with E-state index in [1.165, 1.54) is 18.4 Å². The average molecular weight is 463 g/mol. The Morgan fingerprint density at radius 1 is 1.31 bits per heavy atom. The second kappa shape index (κ2) is 8.30. The third kappa shape index (κ3) is 3.70. The van der Waals surface area contributed by atoms with Crippen molar-refractivity contribution in [3.05, 3.63) is 48.3 Å². The van der Waals surface area contributed by atoms with E-state index < -0.39 is 23.3 Å². The number of hydroxylamine groups is 2. The van der Waals surface area contributed by atoms with Gasteiger partial charge in [-0.3, -0.25) is 23.6 Å². The Labute approximate surface area is 187 Å². The first-order chi connectivity index (χ1) is 15.1. The van der Waals surface area contributed by atoms with Crippen LogP contribution in [0.2, 0.25) is 0 Å². The van der Waals surface area contributed by atoms with Crippen molar-refractivity contribution in [2.24, 2.45) is 13.0 Å². The minimum Gasteiger partial charge on any atom is -0.389 e. The minimum atomic E-state index is -0.795. The molecule has 11 heteroatoms. The molecule has 0 unspecified atom stereocenters. The summed E-state index contributed by atoms with van der Waals surface area (Å²) in [7, 11) is 1.41. The lowest BCUT2D eigenvalue weighted by atomic mass is 10.0. The second-order valence-corrected chi connectivity index (χ2v) is 9.61. The van der Waals surface area contributed by atoms with Gasteiger partial charge in [-0.2, -0.15) is 0 Å². The molecule has 1 saturated heterocycles. The molecule has 0 aromatic carbocycles. The number of nitrogens with zero attached hydrogens (tertiary/aromatic N) is 4. The molecule has 3 aromatic rings. The summed E-state index contributed by atoms with van der Waals surface area (Å²) in [5.74, 6) is 0.262. The van der Waals surface area contributed by atoms with Crippen LogP contribution in [0, 0.1) is 19.8 Å². The van der Waals surface area contributed by atoms with Crippen LogP contribution in [-0.4, -0.2) is 49.6 Å². The van der Waals surface area contributed by atoms with E-state index in [0.29, 0.717) is 34.1 Å². The molecule has 4 heterocycles. The molecule has 0 aliphatic carbocycles. The van der Waals surface area contributed by atoms with Crippen LogP contribution in [0.4, 0.5) is 0 Å². The monoisotopic (exact) mass is 462 g/mol. The van der Waals surface area contributed by atoms with Gasteiger partial charge >= 0.3 is 5.69 Å². The van der Waals surface area contributed by atoms with Crippen molar-refractivity contribution in [1.82, 2.24) is 19.4 Å². The number of hydrogen-bond acceptors (Lipinski definition) is 8. The van der Waals surface area contributed by atoms with Crippen LogP contribution < -0.4 is 11.2 Å². The molecule has 10 nitrogen and oxygen atoms in total. The Bertz CT molecular complexity index is 1300. The molecule has 172 valence electrons. The highest BCUT2D eigenvalue weighted by Crippen LogP contribution is 2.33. The van der Waals surface area contributed by atoms with Crippen LogP contribution in [0.5, 0.6) is 0 Å². The predicted molar refractivity (Wildman–Crippen MR) is 118 cm³/mol. The van der Waals surface area contributed by atoms with Crippen molar-refractivity contribution in [3.8, 4) is 0 Å². The zero-order valence-electron chi connectivity index (χ0n) is 18.7. The van der Waals surface area contributed by atoms with Crippen LogP contribution >= 0.6 is 11.3 Å². The van der Waals surface area contributed by atoms with Crippen molar-refractivity contribution in [2.75, 3.05) is 13.2 Å². The normalized spacial score (nSPS) is 16.6. The van der Waals surface area contributed by atoms with Crippen molar-refractivity contribution < 1.29 is 19.3 Å². The predicted octanol–water partition coefficient (Wildman–Crippen LogP) is 1.36. The van der Waals surface area contributed by atoms with Gasteiger partial charge in [-0.1, -0.05) is 19.0 Å². The summed E-state index contributed by atoms with van der Waals surface area (Å²) in [6, 6.07) is 0. The zero-order chi connectivity index (χ0) is 23.3. The molecule has 1 atom stereocenters. The molecular formula is C21H26N4O6S. The van der Waals surface area contributed by atoms with E-state index in [-0.39, 0.29) is 30.0 Å². The fraction of sp³-hybridized carbons (Fsp3) is 0.524. The van der Waals surface area contributed by atoms with E-state index in [2.05, 4.69) is 5.16 Å². The number of carbonyl (C=O) groups excluding carboxylic acids is 1. The van der Waals surface area contributed by atoms with Gasteiger partial charge in [0.2, 0.25) is 0 Å². The summed E-state index contributed by atoms with van der Waals surface area (Å²) in [4.78, 5) is 46.0. The summed E-state index contributed by atoms with van der Waals surface area (Å²) in [5.41, 5.74) is 0.751. The summed E-state index contributed by atoms with van der Waals surface area (Å²) < 4.78 is 7.86. The number of aromatic nitrogens is 3. The van der Waals surface area contributed by atoms with E-state index in [1.807, 2.05) is 20.8 Å². The maximum Gasteiger partial charge on any atom is 0.331 e. The zero-order valence-corrected chi connectivity index (χ0v) is 19.5. The molecule has 3 aromatic heterocycles. The highest BCUT2D eigenvalue weighted by Gasteiger charge is 2.33. The lowest BCUT2D eigenvalue weighted by molar-refractivity contribution is -0.0778. The van der Waals surface area contributed by atoms with Gasteiger partial charge in [0.15, 0.2) is 0 Å². The van der Waals surface area contributed by atoms with Gasteiger partial charge in [0.05, 0.1) is 23.2 Å². The Hall–Kier alpha value is -2.76. The van der Waals surface area contributed by atoms with Crippen molar-refractivity contribution in [3.63, 3.8) is 0 Å². The van der Waals surface area contributed by atoms with Crippen molar-refractivity contribution in [1.29, 1.82) is 0 Å². The number of aliphatic hydroxyl groups is 1. The highest BCUT2D eigenvalue weighted by molar-refractivity contribution is 7.19. The number of fused-ring (bicyclic) bond motifs is 1.